The van der Waals surface area contributed by atoms with Crippen LogP contribution in [0, 0.1) is 11.8 Å². The minimum atomic E-state index is -1.75. The number of amides is 9. The fourth-order valence-electron chi connectivity index (χ4n) is 5.79. The van der Waals surface area contributed by atoms with E-state index in [9.17, 15) is 58.2 Å². The number of primary amides is 1. The zero-order valence-electron chi connectivity index (χ0n) is 34.6. The first kappa shape index (κ1) is 51.5. The number of rotatable bonds is 17. The summed E-state index contributed by atoms with van der Waals surface area (Å²) in [6.45, 7) is 5.59. The molecule has 22 nitrogen and oxygen atoms in total. The van der Waals surface area contributed by atoms with Crippen LogP contribution in [0.3, 0.4) is 0 Å². The Morgan fingerprint density at radius 3 is 1.80 bits per heavy atom. The van der Waals surface area contributed by atoms with Crippen LogP contribution in [0.25, 0.3) is 0 Å². The van der Waals surface area contributed by atoms with E-state index < -0.39 is 144 Å². The van der Waals surface area contributed by atoms with Crippen molar-refractivity contribution in [2.45, 2.75) is 102 Å². The van der Waals surface area contributed by atoms with Crippen LogP contribution < -0.4 is 54.0 Å². The average molecular weight is 879 g/mol. The molecule has 0 spiro atoms. The summed E-state index contributed by atoms with van der Waals surface area (Å²) in [5.74, 6) is -9.67. The van der Waals surface area contributed by atoms with E-state index in [4.69, 9.17) is 11.5 Å². The number of carbonyl (C=O) groups is 10. The number of nitrogens with two attached hydrogens (primary N) is 2. The van der Waals surface area contributed by atoms with Gasteiger partial charge in [-0.05, 0) is 30.7 Å². The lowest BCUT2D eigenvalue weighted by Gasteiger charge is -2.28. The number of hydrogen-bond acceptors (Lipinski definition) is 14. The topological polar surface area (TPSA) is 359 Å². The molecule has 0 aliphatic carbocycles. The highest BCUT2D eigenvalue weighted by molar-refractivity contribution is 8.13. The van der Waals surface area contributed by atoms with Crippen molar-refractivity contribution in [3.8, 4) is 0 Å². The molecule has 0 saturated carbocycles. The largest absolute Gasteiger partial charge is 0.394 e. The standard InChI is InChI=1S/C38H58N10O12S/c1-18(2)11-22-33(55)44-24(12-21-9-7-6-8-10-21)38(60)61-17-27(36(58)46-26(16-50)35(57)45-25(15-49)34(56)42-22)47-31(53)20(5)41-32(54)23(13-28(40)51)43-37(59)30(19(3)4)48-29(52)14-39/h6-10,18-20,22-27,30,49-50H,11-17,39H2,1-5H3,(H2,40,51)(H,41,54)(H,42,56)(H,43,59)(H,44,55)(H,45,57)(H,46,58)(H,47,53)(H,48,52)/t20-,22-,23-,24?,25?,26-,27-,30-/m0/s1. The van der Waals surface area contributed by atoms with E-state index >= 15 is 0 Å². The zero-order chi connectivity index (χ0) is 46.0. The van der Waals surface area contributed by atoms with Crippen LogP contribution in [-0.4, -0.2) is 142 Å². The highest BCUT2D eigenvalue weighted by Crippen LogP contribution is 2.15. The van der Waals surface area contributed by atoms with Crippen LogP contribution in [0.1, 0.15) is 53.0 Å². The van der Waals surface area contributed by atoms with Gasteiger partial charge in [-0.3, -0.25) is 47.9 Å². The molecule has 2 unspecified atom stereocenters. The van der Waals surface area contributed by atoms with E-state index in [1.54, 1.807) is 58.0 Å². The molecule has 14 N–H and O–H groups in total. The van der Waals surface area contributed by atoms with Gasteiger partial charge in [-0.2, -0.15) is 0 Å². The summed E-state index contributed by atoms with van der Waals surface area (Å²) in [4.78, 5) is 132. The van der Waals surface area contributed by atoms with Crippen molar-refractivity contribution in [3.05, 3.63) is 35.9 Å². The van der Waals surface area contributed by atoms with Gasteiger partial charge in [-0.25, -0.2) is 0 Å². The van der Waals surface area contributed by atoms with Gasteiger partial charge in [0.05, 0.1) is 26.2 Å². The average Bonchev–Trinajstić information content (AvgIpc) is 3.20. The first-order chi connectivity index (χ1) is 28.7. The van der Waals surface area contributed by atoms with Crippen molar-refractivity contribution >= 4 is 70.0 Å². The van der Waals surface area contributed by atoms with E-state index in [-0.39, 0.29) is 18.8 Å². The smallest absolute Gasteiger partial charge is 0.245 e. The monoisotopic (exact) mass is 878 g/mol. The number of thioether (sulfide) groups is 1. The van der Waals surface area contributed by atoms with Crippen molar-refractivity contribution < 1.29 is 58.2 Å². The maximum atomic E-state index is 13.9. The summed E-state index contributed by atoms with van der Waals surface area (Å²) in [6, 6.07) is -3.16. The third-order valence-corrected chi connectivity index (χ3v) is 10.2. The van der Waals surface area contributed by atoms with Gasteiger partial charge in [0.15, 0.2) is 0 Å². The fraction of sp³-hybridized carbons (Fsp3) is 0.579. The number of benzene rings is 1. The molecule has 0 radical (unpaired) electrons. The number of nitrogens with one attached hydrogen (secondary N) is 8. The molecule has 338 valence electrons. The SMILES string of the molecule is CC(C)C[C@@H]1NC(=O)C(CO)NC(=O)[C@H](CO)NC(=O)[C@@H](NC(=O)[C@H](C)NC(=O)[C@H](CC(N)=O)NC(=O)[C@@H](NC(=O)CN)C(C)C)CSC(=O)C(Cc2ccccc2)NC1=O. The normalized spacial score (nSPS) is 22.1. The van der Waals surface area contributed by atoms with E-state index in [0.717, 1.165) is 0 Å². The third-order valence-electron chi connectivity index (χ3n) is 9.12. The highest BCUT2D eigenvalue weighted by Gasteiger charge is 2.36. The summed E-state index contributed by atoms with van der Waals surface area (Å²) in [5, 5.41) is 38.5. The molecule has 1 saturated heterocycles. The highest BCUT2D eigenvalue weighted by atomic mass is 32.2. The fourth-order valence-corrected chi connectivity index (χ4v) is 6.70. The Hall–Kier alpha value is -5.65. The van der Waals surface area contributed by atoms with Gasteiger partial charge in [-0.15, -0.1) is 0 Å². The Morgan fingerprint density at radius 2 is 1.28 bits per heavy atom. The first-order valence-corrected chi connectivity index (χ1v) is 20.5. The van der Waals surface area contributed by atoms with Gasteiger partial charge in [0.25, 0.3) is 0 Å². The Morgan fingerprint density at radius 1 is 0.738 bits per heavy atom. The van der Waals surface area contributed by atoms with Crippen LogP contribution in [0.5, 0.6) is 0 Å². The van der Waals surface area contributed by atoms with Crippen LogP contribution in [-0.2, 0) is 54.4 Å². The van der Waals surface area contributed by atoms with Crippen molar-refractivity contribution in [3.63, 3.8) is 0 Å². The Labute approximate surface area is 357 Å². The van der Waals surface area contributed by atoms with Gasteiger partial charge in [0.1, 0.15) is 48.3 Å². The third kappa shape index (κ3) is 17.1. The quantitative estimate of drug-likeness (QED) is 0.0697. The van der Waals surface area contributed by atoms with E-state index in [0.29, 0.717) is 17.3 Å². The second-order valence-corrected chi connectivity index (χ2v) is 16.1. The second-order valence-electron chi connectivity index (χ2n) is 15.1. The maximum Gasteiger partial charge on any atom is 0.245 e. The number of aliphatic hydroxyl groups excluding tert-OH is 2. The molecule has 9 amide bonds. The van der Waals surface area contributed by atoms with Crippen molar-refractivity contribution in [2.24, 2.45) is 23.3 Å². The Bertz CT molecular complexity index is 1750. The molecule has 1 aliphatic rings. The van der Waals surface area contributed by atoms with Crippen LogP contribution in [0.15, 0.2) is 30.3 Å². The maximum absolute atomic E-state index is 13.9. The lowest BCUT2D eigenvalue weighted by Crippen LogP contribution is -2.62. The van der Waals surface area contributed by atoms with Gasteiger partial charge in [-0.1, -0.05) is 69.8 Å². The molecule has 0 bridgehead atoms. The van der Waals surface area contributed by atoms with E-state index in [1.807, 2.05) is 0 Å². The summed E-state index contributed by atoms with van der Waals surface area (Å²) >= 11 is 0.543. The molecule has 1 aromatic rings. The predicted octanol–water partition coefficient (Wildman–Crippen LogP) is -5.08. The lowest BCUT2D eigenvalue weighted by molar-refractivity contribution is -0.136. The lowest BCUT2D eigenvalue weighted by atomic mass is 10.0. The molecule has 1 aliphatic heterocycles. The van der Waals surface area contributed by atoms with Crippen LogP contribution in [0.4, 0.5) is 0 Å². The van der Waals surface area contributed by atoms with Crippen molar-refractivity contribution in [1.82, 2.24) is 42.5 Å². The molecular weight excluding hydrogens is 821 g/mol. The summed E-state index contributed by atoms with van der Waals surface area (Å²) < 4.78 is 0. The molecule has 2 rings (SSSR count). The Kier molecular flexibility index (Phi) is 21.3. The number of hydrogen-bond donors (Lipinski definition) is 12. The molecule has 1 heterocycles. The van der Waals surface area contributed by atoms with Gasteiger partial charge < -0.3 is 64.2 Å². The number of carbonyl (C=O) groups excluding carboxylic acids is 10. The second kappa shape index (κ2) is 25.2. The molecule has 1 fully saturated rings. The number of aliphatic hydroxyl groups is 2. The van der Waals surface area contributed by atoms with E-state index in [1.165, 1.54) is 6.92 Å². The van der Waals surface area contributed by atoms with Crippen LogP contribution >= 0.6 is 11.8 Å². The van der Waals surface area contributed by atoms with Gasteiger partial charge in [0, 0.05) is 12.2 Å². The minimum absolute atomic E-state index is 0.0186. The summed E-state index contributed by atoms with van der Waals surface area (Å²) in [6.07, 6.45) is -0.634. The first-order valence-electron chi connectivity index (χ1n) is 19.5. The summed E-state index contributed by atoms with van der Waals surface area (Å²) in [7, 11) is 0. The minimum Gasteiger partial charge on any atom is -0.394 e. The van der Waals surface area contributed by atoms with Crippen LogP contribution in [0.2, 0.25) is 0 Å². The van der Waals surface area contributed by atoms with Gasteiger partial charge >= 0.3 is 0 Å². The molecular formula is C38H58N10O12S. The Balaban J connectivity index is 2.46. The molecule has 23 heteroatoms. The molecule has 1 aromatic carbocycles. The zero-order valence-corrected chi connectivity index (χ0v) is 35.5. The molecule has 8 atom stereocenters. The summed E-state index contributed by atoms with van der Waals surface area (Å²) in [5.41, 5.74) is 11.3. The van der Waals surface area contributed by atoms with Gasteiger partial charge in [0.2, 0.25) is 58.3 Å². The van der Waals surface area contributed by atoms with E-state index in [2.05, 4.69) is 42.5 Å². The van der Waals surface area contributed by atoms with Crippen molar-refractivity contribution in [2.75, 3.05) is 25.5 Å². The van der Waals surface area contributed by atoms with Crippen molar-refractivity contribution in [1.29, 1.82) is 0 Å². The predicted molar refractivity (Wildman–Crippen MR) is 220 cm³/mol. The molecule has 0 aromatic heterocycles. The molecule has 61 heavy (non-hydrogen) atoms.